The summed E-state index contributed by atoms with van der Waals surface area (Å²) in [6.07, 6.45) is 0.0470. The minimum atomic E-state index is -3.77. The standard InChI is InChI=1S/C15H21BrN2O5S/c1-10(19)18-6-5-11-7-12(16)14(8-13(11)18)24(20,21)17(2)9-15(22-3)23-4/h7-8,15H,5-6,9H2,1-4H3. The summed E-state index contributed by atoms with van der Waals surface area (Å²) in [6.45, 7) is 2.08. The minimum absolute atomic E-state index is 0.0509. The van der Waals surface area contributed by atoms with E-state index in [1.807, 2.05) is 0 Å². The number of nitrogens with zero attached hydrogens (tertiary/aromatic N) is 2. The number of likely N-dealkylation sites (N-methyl/N-ethyl adjacent to an activating group) is 1. The Kier molecular flexibility index (Phi) is 6.03. The van der Waals surface area contributed by atoms with Crippen LogP contribution in [-0.4, -0.2) is 59.3 Å². The number of sulfonamides is 1. The Morgan fingerprint density at radius 3 is 2.54 bits per heavy atom. The number of carbonyl (C=O) groups is 1. The monoisotopic (exact) mass is 420 g/mol. The van der Waals surface area contributed by atoms with Gasteiger partial charge in [-0.1, -0.05) is 0 Å². The summed E-state index contributed by atoms with van der Waals surface area (Å²) in [6, 6.07) is 3.32. The van der Waals surface area contributed by atoms with Crippen LogP contribution in [0.1, 0.15) is 12.5 Å². The van der Waals surface area contributed by atoms with E-state index in [0.29, 0.717) is 23.1 Å². The number of hydrogen-bond acceptors (Lipinski definition) is 5. The molecule has 2 rings (SSSR count). The summed E-state index contributed by atoms with van der Waals surface area (Å²) in [5.74, 6) is -0.105. The third-order valence-corrected chi connectivity index (χ3v) is 6.81. The molecule has 0 aliphatic carbocycles. The molecule has 0 bridgehead atoms. The second-order valence-electron chi connectivity index (χ2n) is 5.52. The molecule has 0 unspecified atom stereocenters. The van der Waals surface area contributed by atoms with E-state index in [-0.39, 0.29) is 17.3 Å². The zero-order valence-electron chi connectivity index (χ0n) is 14.1. The Morgan fingerprint density at radius 1 is 1.38 bits per heavy atom. The van der Waals surface area contributed by atoms with E-state index < -0.39 is 16.3 Å². The van der Waals surface area contributed by atoms with Crippen LogP contribution in [0, 0.1) is 0 Å². The SMILES string of the molecule is COC(CN(C)S(=O)(=O)c1cc2c(cc1Br)CCN2C(C)=O)OC. The maximum atomic E-state index is 12.9. The third kappa shape index (κ3) is 3.65. The Balaban J connectivity index is 2.41. The van der Waals surface area contributed by atoms with Crippen LogP contribution < -0.4 is 4.90 Å². The highest BCUT2D eigenvalue weighted by Crippen LogP contribution is 2.36. The highest BCUT2D eigenvalue weighted by atomic mass is 79.9. The van der Waals surface area contributed by atoms with Crippen LogP contribution in [0.4, 0.5) is 5.69 Å². The molecule has 0 spiro atoms. The summed E-state index contributed by atoms with van der Waals surface area (Å²) < 4.78 is 37.5. The number of halogens is 1. The highest BCUT2D eigenvalue weighted by Gasteiger charge is 2.30. The molecule has 0 fully saturated rings. The van der Waals surface area contributed by atoms with Gasteiger partial charge >= 0.3 is 0 Å². The van der Waals surface area contributed by atoms with Crippen LogP contribution in [-0.2, 0) is 30.7 Å². The second-order valence-corrected chi connectivity index (χ2v) is 8.39. The van der Waals surface area contributed by atoms with Crippen molar-refractivity contribution in [1.82, 2.24) is 4.31 Å². The van der Waals surface area contributed by atoms with Gasteiger partial charge in [-0.3, -0.25) is 4.79 Å². The van der Waals surface area contributed by atoms with E-state index >= 15 is 0 Å². The van der Waals surface area contributed by atoms with Gasteiger partial charge < -0.3 is 14.4 Å². The zero-order valence-corrected chi connectivity index (χ0v) is 16.5. The molecule has 0 saturated carbocycles. The number of methoxy groups -OCH3 is 2. The van der Waals surface area contributed by atoms with Crippen molar-refractivity contribution in [3.63, 3.8) is 0 Å². The van der Waals surface area contributed by atoms with Gasteiger partial charge in [-0.05, 0) is 40.0 Å². The molecule has 0 aromatic heterocycles. The molecule has 0 N–H and O–H groups in total. The highest BCUT2D eigenvalue weighted by molar-refractivity contribution is 9.10. The van der Waals surface area contributed by atoms with Crippen molar-refractivity contribution in [1.29, 1.82) is 0 Å². The van der Waals surface area contributed by atoms with Crippen molar-refractivity contribution >= 4 is 37.5 Å². The lowest BCUT2D eigenvalue weighted by Gasteiger charge is -2.23. The van der Waals surface area contributed by atoms with Crippen LogP contribution in [0.2, 0.25) is 0 Å². The molecular formula is C15H21BrN2O5S. The van der Waals surface area contributed by atoms with Crippen molar-refractivity contribution in [3.05, 3.63) is 22.2 Å². The second kappa shape index (κ2) is 7.49. The molecule has 9 heteroatoms. The Morgan fingerprint density at radius 2 is 2.00 bits per heavy atom. The molecular weight excluding hydrogens is 400 g/mol. The van der Waals surface area contributed by atoms with Gasteiger partial charge in [0.1, 0.15) is 0 Å². The number of benzene rings is 1. The minimum Gasteiger partial charge on any atom is -0.355 e. The van der Waals surface area contributed by atoms with Gasteiger partial charge in [-0.25, -0.2) is 8.42 Å². The number of fused-ring (bicyclic) bond motifs is 1. The molecule has 1 aliphatic heterocycles. The first kappa shape index (κ1) is 19.3. The molecule has 0 atom stereocenters. The van der Waals surface area contributed by atoms with Gasteiger partial charge in [0.15, 0.2) is 6.29 Å². The van der Waals surface area contributed by atoms with E-state index in [1.165, 1.54) is 32.5 Å². The van der Waals surface area contributed by atoms with Gasteiger partial charge in [0.2, 0.25) is 15.9 Å². The Bertz CT molecular complexity index is 734. The molecule has 0 saturated heterocycles. The van der Waals surface area contributed by atoms with Crippen molar-refractivity contribution < 1.29 is 22.7 Å². The van der Waals surface area contributed by atoms with E-state index in [1.54, 1.807) is 17.0 Å². The van der Waals surface area contributed by atoms with Crippen molar-refractivity contribution in [2.75, 3.05) is 39.3 Å². The smallest absolute Gasteiger partial charge is 0.244 e. The fourth-order valence-electron chi connectivity index (χ4n) is 2.63. The summed E-state index contributed by atoms with van der Waals surface area (Å²) in [4.78, 5) is 13.4. The van der Waals surface area contributed by atoms with Gasteiger partial charge in [0.25, 0.3) is 0 Å². The van der Waals surface area contributed by atoms with Crippen LogP contribution in [0.15, 0.2) is 21.5 Å². The number of amides is 1. The van der Waals surface area contributed by atoms with Crippen molar-refractivity contribution in [2.45, 2.75) is 24.5 Å². The molecule has 1 heterocycles. The summed E-state index contributed by atoms with van der Waals surface area (Å²) >= 11 is 3.34. The molecule has 1 aliphatic rings. The summed E-state index contributed by atoms with van der Waals surface area (Å²) in [7, 11) is 0.592. The summed E-state index contributed by atoms with van der Waals surface area (Å²) in [5.41, 5.74) is 1.60. The van der Waals surface area contributed by atoms with Crippen LogP contribution in [0.5, 0.6) is 0 Å². The average molecular weight is 421 g/mol. The first-order valence-corrected chi connectivity index (χ1v) is 9.58. The van der Waals surface area contributed by atoms with Crippen LogP contribution in [0.3, 0.4) is 0 Å². The van der Waals surface area contributed by atoms with Crippen molar-refractivity contribution in [2.24, 2.45) is 0 Å². The zero-order chi connectivity index (χ0) is 18.1. The van der Waals surface area contributed by atoms with Gasteiger partial charge in [0, 0.05) is 44.9 Å². The number of anilines is 1. The Hall–Kier alpha value is -1.00. The predicted octanol–water partition coefficient (Wildman–Crippen LogP) is 1.60. The van der Waals surface area contributed by atoms with Crippen molar-refractivity contribution in [3.8, 4) is 0 Å². The molecule has 7 nitrogen and oxygen atoms in total. The van der Waals surface area contributed by atoms with Gasteiger partial charge in [-0.2, -0.15) is 4.31 Å². The maximum Gasteiger partial charge on any atom is 0.244 e. The number of hydrogen-bond donors (Lipinski definition) is 0. The quantitative estimate of drug-likeness (QED) is 0.653. The predicted molar refractivity (Wildman–Crippen MR) is 93.5 cm³/mol. The van der Waals surface area contributed by atoms with Crippen LogP contribution in [0.25, 0.3) is 0 Å². The normalized spacial score (nSPS) is 14.5. The van der Waals surface area contributed by atoms with E-state index in [2.05, 4.69) is 15.9 Å². The average Bonchev–Trinajstić information content (AvgIpc) is 2.94. The van der Waals surface area contributed by atoms with Crippen LogP contribution >= 0.6 is 15.9 Å². The van der Waals surface area contributed by atoms with E-state index in [4.69, 9.17) is 9.47 Å². The van der Waals surface area contributed by atoms with Gasteiger partial charge in [-0.15, -0.1) is 0 Å². The lowest BCUT2D eigenvalue weighted by atomic mass is 10.2. The molecule has 1 aromatic carbocycles. The Labute approximate surface area is 150 Å². The molecule has 0 radical (unpaired) electrons. The number of rotatable bonds is 6. The molecule has 24 heavy (non-hydrogen) atoms. The first-order valence-electron chi connectivity index (χ1n) is 7.34. The number of carbonyl (C=O) groups excluding carboxylic acids is 1. The van der Waals surface area contributed by atoms with E-state index in [9.17, 15) is 13.2 Å². The fraction of sp³-hybridized carbons (Fsp3) is 0.533. The first-order chi connectivity index (χ1) is 11.2. The lowest BCUT2D eigenvalue weighted by molar-refractivity contribution is -0.116. The van der Waals surface area contributed by atoms with E-state index in [0.717, 1.165) is 5.56 Å². The topological polar surface area (TPSA) is 76.2 Å². The van der Waals surface area contributed by atoms with Gasteiger partial charge in [0.05, 0.1) is 11.4 Å². The lowest BCUT2D eigenvalue weighted by Crippen LogP contribution is -2.36. The maximum absolute atomic E-state index is 12.9. The fourth-order valence-corrected chi connectivity index (χ4v) is 4.86. The number of ether oxygens (including phenoxy) is 2. The molecule has 134 valence electrons. The largest absolute Gasteiger partial charge is 0.355 e. The molecule has 1 amide bonds. The molecule has 1 aromatic rings. The summed E-state index contributed by atoms with van der Waals surface area (Å²) in [5, 5.41) is 0. The third-order valence-electron chi connectivity index (χ3n) is 4.03.